The standard InChI is InChI=1S/C18H22N4O/c23-17-15-13-21(12-14-6-2-1-3-7-14)11-8-16(15)19-18(20-17)22-9-4-5-10-22/h1-3,6-7H,4-5,8-13H2,(H,19,20,23). The van der Waals surface area contributed by atoms with Crippen LogP contribution in [0.4, 0.5) is 5.95 Å². The number of aromatic nitrogens is 2. The lowest BCUT2D eigenvalue weighted by molar-refractivity contribution is 0.242. The molecule has 0 amide bonds. The average molecular weight is 310 g/mol. The number of benzene rings is 1. The number of H-pyrrole nitrogens is 1. The molecule has 0 atom stereocenters. The van der Waals surface area contributed by atoms with E-state index in [1.165, 1.54) is 18.4 Å². The summed E-state index contributed by atoms with van der Waals surface area (Å²) in [4.78, 5) is 24.7. The Bertz CT molecular complexity index is 734. The summed E-state index contributed by atoms with van der Waals surface area (Å²) in [6.45, 7) is 4.53. The van der Waals surface area contributed by atoms with Crippen molar-refractivity contribution in [1.29, 1.82) is 0 Å². The van der Waals surface area contributed by atoms with Crippen LogP contribution in [0.5, 0.6) is 0 Å². The highest BCUT2D eigenvalue weighted by molar-refractivity contribution is 5.35. The van der Waals surface area contributed by atoms with Gasteiger partial charge in [-0.3, -0.25) is 14.7 Å². The van der Waals surface area contributed by atoms with Gasteiger partial charge in [-0.15, -0.1) is 0 Å². The smallest absolute Gasteiger partial charge is 0.257 e. The number of aromatic amines is 1. The Labute approximate surface area is 136 Å². The number of nitrogens with zero attached hydrogens (tertiary/aromatic N) is 3. The normalized spacial score (nSPS) is 18.2. The van der Waals surface area contributed by atoms with Gasteiger partial charge in [-0.2, -0.15) is 0 Å². The van der Waals surface area contributed by atoms with Crippen molar-refractivity contribution in [2.45, 2.75) is 32.4 Å². The highest BCUT2D eigenvalue weighted by atomic mass is 16.1. The first-order chi connectivity index (χ1) is 11.3. The maximum Gasteiger partial charge on any atom is 0.257 e. The highest BCUT2D eigenvalue weighted by Gasteiger charge is 2.23. The number of hydrogen-bond donors (Lipinski definition) is 1. The number of fused-ring (bicyclic) bond motifs is 1. The molecule has 120 valence electrons. The van der Waals surface area contributed by atoms with Crippen LogP contribution in [0.25, 0.3) is 0 Å². The number of rotatable bonds is 3. The molecule has 1 aromatic heterocycles. The summed E-state index contributed by atoms with van der Waals surface area (Å²) >= 11 is 0. The average Bonchev–Trinajstić information content (AvgIpc) is 3.11. The van der Waals surface area contributed by atoms with E-state index in [9.17, 15) is 4.79 Å². The summed E-state index contributed by atoms with van der Waals surface area (Å²) in [7, 11) is 0. The van der Waals surface area contributed by atoms with E-state index in [4.69, 9.17) is 4.98 Å². The minimum absolute atomic E-state index is 0.0367. The minimum atomic E-state index is 0.0367. The van der Waals surface area contributed by atoms with E-state index in [0.717, 1.165) is 49.8 Å². The second-order valence-electron chi connectivity index (χ2n) is 6.46. The van der Waals surface area contributed by atoms with Crippen molar-refractivity contribution < 1.29 is 0 Å². The minimum Gasteiger partial charge on any atom is -0.342 e. The molecule has 1 aromatic carbocycles. The van der Waals surface area contributed by atoms with Crippen LogP contribution in [-0.4, -0.2) is 34.5 Å². The molecule has 2 aliphatic heterocycles. The highest BCUT2D eigenvalue weighted by Crippen LogP contribution is 2.20. The summed E-state index contributed by atoms with van der Waals surface area (Å²) in [5, 5.41) is 0. The Hall–Kier alpha value is -2.14. The third-order valence-electron chi connectivity index (χ3n) is 4.79. The molecule has 0 bridgehead atoms. The van der Waals surface area contributed by atoms with Gasteiger partial charge >= 0.3 is 0 Å². The molecule has 2 aromatic rings. The molecule has 0 aliphatic carbocycles. The van der Waals surface area contributed by atoms with Crippen molar-refractivity contribution in [1.82, 2.24) is 14.9 Å². The van der Waals surface area contributed by atoms with Crippen LogP contribution in [0.15, 0.2) is 35.1 Å². The third kappa shape index (κ3) is 3.01. The molecule has 23 heavy (non-hydrogen) atoms. The van der Waals surface area contributed by atoms with Gasteiger partial charge in [0.2, 0.25) is 5.95 Å². The van der Waals surface area contributed by atoms with E-state index in [2.05, 4.69) is 39.0 Å². The number of anilines is 1. The van der Waals surface area contributed by atoms with Gasteiger partial charge < -0.3 is 4.90 Å². The van der Waals surface area contributed by atoms with Gasteiger partial charge in [0.25, 0.3) is 5.56 Å². The molecule has 1 N–H and O–H groups in total. The SMILES string of the molecule is O=c1[nH]c(N2CCCC2)nc2c1CN(Cc1ccccc1)CC2. The van der Waals surface area contributed by atoms with Crippen molar-refractivity contribution in [3.63, 3.8) is 0 Å². The molecule has 3 heterocycles. The maximum atomic E-state index is 12.5. The van der Waals surface area contributed by atoms with Crippen molar-refractivity contribution in [3.8, 4) is 0 Å². The van der Waals surface area contributed by atoms with Crippen LogP contribution in [0.3, 0.4) is 0 Å². The summed E-state index contributed by atoms with van der Waals surface area (Å²) in [6.07, 6.45) is 3.23. The second kappa shape index (κ2) is 6.16. The third-order valence-corrected chi connectivity index (χ3v) is 4.79. The Morgan fingerprint density at radius 3 is 2.65 bits per heavy atom. The Morgan fingerprint density at radius 1 is 1.09 bits per heavy atom. The molecule has 1 saturated heterocycles. The fourth-order valence-electron chi connectivity index (χ4n) is 3.52. The summed E-state index contributed by atoms with van der Waals surface area (Å²) in [6, 6.07) is 10.4. The van der Waals surface area contributed by atoms with E-state index in [-0.39, 0.29) is 5.56 Å². The van der Waals surface area contributed by atoms with Gasteiger partial charge in [0.15, 0.2) is 0 Å². The topological polar surface area (TPSA) is 52.2 Å². The largest absolute Gasteiger partial charge is 0.342 e. The van der Waals surface area contributed by atoms with Crippen LogP contribution in [0, 0.1) is 0 Å². The summed E-state index contributed by atoms with van der Waals surface area (Å²) in [5.41, 5.74) is 3.15. The van der Waals surface area contributed by atoms with Gasteiger partial charge in [0.1, 0.15) is 0 Å². The molecule has 0 unspecified atom stereocenters. The van der Waals surface area contributed by atoms with Crippen molar-refractivity contribution in [2.24, 2.45) is 0 Å². The molecular weight excluding hydrogens is 288 g/mol. The van der Waals surface area contributed by atoms with Crippen LogP contribution in [0.1, 0.15) is 29.7 Å². The molecule has 5 nitrogen and oxygen atoms in total. The zero-order chi connectivity index (χ0) is 15.6. The lowest BCUT2D eigenvalue weighted by Crippen LogP contribution is -2.36. The van der Waals surface area contributed by atoms with E-state index in [1.807, 2.05) is 6.07 Å². The first-order valence-electron chi connectivity index (χ1n) is 8.43. The molecule has 0 spiro atoms. The number of hydrogen-bond acceptors (Lipinski definition) is 4. The Kier molecular flexibility index (Phi) is 3.87. The molecule has 1 fully saturated rings. The van der Waals surface area contributed by atoms with E-state index in [1.54, 1.807) is 0 Å². The lowest BCUT2D eigenvalue weighted by Gasteiger charge is -2.28. The zero-order valence-corrected chi connectivity index (χ0v) is 13.3. The van der Waals surface area contributed by atoms with Gasteiger partial charge in [0.05, 0.1) is 11.3 Å². The van der Waals surface area contributed by atoms with Gasteiger partial charge in [0, 0.05) is 39.1 Å². The lowest BCUT2D eigenvalue weighted by atomic mass is 10.1. The van der Waals surface area contributed by atoms with Crippen LogP contribution >= 0.6 is 0 Å². The molecule has 4 rings (SSSR count). The molecule has 5 heteroatoms. The monoisotopic (exact) mass is 310 g/mol. The second-order valence-corrected chi connectivity index (χ2v) is 6.46. The predicted octanol–water partition coefficient (Wildman–Crippen LogP) is 1.93. The van der Waals surface area contributed by atoms with E-state index >= 15 is 0 Å². The summed E-state index contributed by atoms with van der Waals surface area (Å²) in [5.74, 6) is 0.766. The van der Waals surface area contributed by atoms with Crippen molar-refractivity contribution in [3.05, 3.63) is 57.5 Å². The Balaban J connectivity index is 1.54. The van der Waals surface area contributed by atoms with Crippen molar-refractivity contribution >= 4 is 5.95 Å². The fourth-order valence-corrected chi connectivity index (χ4v) is 3.52. The van der Waals surface area contributed by atoms with Crippen LogP contribution in [0.2, 0.25) is 0 Å². The maximum absolute atomic E-state index is 12.5. The summed E-state index contributed by atoms with van der Waals surface area (Å²) < 4.78 is 0. The first-order valence-corrected chi connectivity index (χ1v) is 8.43. The molecular formula is C18H22N4O. The fraction of sp³-hybridized carbons (Fsp3) is 0.444. The van der Waals surface area contributed by atoms with Crippen LogP contribution in [-0.2, 0) is 19.5 Å². The quantitative estimate of drug-likeness (QED) is 0.941. The van der Waals surface area contributed by atoms with Gasteiger partial charge in [-0.05, 0) is 18.4 Å². The zero-order valence-electron chi connectivity index (χ0n) is 13.3. The molecule has 0 radical (unpaired) electrons. The predicted molar refractivity (Wildman–Crippen MR) is 90.6 cm³/mol. The van der Waals surface area contributed by atoms with Crippen LogP contribution < -0.4 is 10.5 Å². The first kappa shape index (κ1) is 14.5. The molecule has 0 saturated carbocycles. The van der Waals surface area contributed by atoms with E-state index in [0.29, 0.717) is 6.54 Å². The molecule has 2 aliphatic rings. The van der Waals surface area contributed by atoms with Gasteiger partial charge in [-0.25, -0.2) is 4.98 Å². The van der Waals surface area contributed by atoms with E-state index < -0.39 is 0 Å². The van der Waals surface area contributed by atoms with Gasteiger partial charge in [-0.1, -0.05) is 30.3 Å². The Morgan fingerprint density at radius 2 is 1.87 bits per heavy atom. The number of nitrogens with one attached hydrogen (secondary N) is 1. The van der Waals surface area contributed by atoms with Crippen molar-refractivity contribution in [2.75, 3.05) is 24.5 Å².